The van der Waals surface area contributed by atoms with Gasteiger partial charge in [0.05, 0.1) is 24.5 Å². The highest BCUT2D eigenvalue weighted by Crippen LogP contribution is 2.19. The van der Waals surface area contributed by atoms with Crippen LogP contribution in [0, 0.1) is 0 Å². The topological polar surface area (TPSA) is 59.8 Å². The van der Waals surface area contributed by atoms with Gasteiger partial charge in [0, 0.05) is 11.4 Å². The summed E-state index contributed by atoms with van der Waals surface area (Å²) in [7, 11) is 0. The van der Waals surface area contributed by atoms with E-state index in [-0.39, 0.29) is 11.9 Å². The van der Waals surface area contributed by atoms with Crippen molar-refractivity contribution in [3.05, 3.63) is 40.8 Å². The second kappa shape index (κ2) is 5.65. The molecule has 0 aliphatic carbocycles. The van der Waals surface area contributed by atoms with Gasteiger partial charge in [-0.05, 0) is 42.3 Å². The van der Waals surface area contributed by atoms with E-state index in [2.05, 4.69) is 29.2 Å². The summed E-state index contributed by atoms with van der Waals surface area (Å²) in [5.74, 6) is -0.0363. The first kappa shape index (κ1) is 13.8. The predicted octanol–water partition coefficient (Wildman–Crippen LogP) is 3.25. The van der Waals surface area contributed by atoms with Gasteiger partial charge in [0.1, 0.15) is 0 Å². The van der Waals surface area contributed by atoms with Gasteiger partial charge < -0.3 is 5.32 Å². The molecule has 0 radical (unpaired) electrons. The van der Waals surface area contributed by atoms with E-state index in [0.29, 0.717) is 12.1 Å². The summed E-state index contributed by atoms with van der Waals surface area (Å²) in [5, 5.41) is 12.1. The van der Waals surface area contributed by atoms with Crippen LogP contribution in [0.25, 0.3) is 11.0 Å². The number of carbonyl (C=O) groups excluding carboxylic acids is 1. The van der Waals surface area contributed by atoms with E-state index in [9.17, 15) is 4.79 Å². The fourth-order valence-electron chi connectivity index (χ4n) is 2.17. The highest BCUT2D eigenvalue weighted by molar-refractivity contribution is 7.08. The van der Waals surface area contributed by atoms with Crippen molar-refractivity contribution in [3.63, 3.8) is 0 Å². The van der Waals surface area contributed by atoms with E-state index in [1.165, 1.54) is 0 Å². The normalized spacial score (nSPS) is 11.2. The first-order chi connectivity index (χ1) is 10.1. The summed E-state index contributed by atoms with van der Waals surface area (Å²) in [5.41, 5.74) is 2.56. The highest BCUT2D eigenvalue weighted by atomic mass is 32.1. The molecule has 0 aromatic carbocycles. The zero-order valence-corrected chi connectivity index (χ0v) is 12.7. The van der Waals surface area contributed by atoms with Gasteiger partial charge >= 0.3 is 0 Å². The molecular formula is C15H16N4OS. The molecule has 0 unspecified atom stereocenters. The molecule has 0 saturated carbocycles. The van der Waals surface area contributed by atoms with Crippen molar-refractivity contribution in [2.45, 2.75) is 26.3 Å². The van der Waals surface area contributed by atoms with E-state index in [4.69, 9.17) is 0 Å². The molecule has 3 aromatic heterocycles. The van der Waals surface area contributed by atoms with Gasteiger partial charge in [-0.2, -0.15) is 16.4 Å². The number of amides is 1. The molecule has 21 heavy (non-hydrogen) atoms. The van der Waals surface area contributed by atoms with Crippen LogP contribution in [0.1, 0.15) is 25.5 Å². The highest BCUT2D eigenvalue weighted by Gasteiger charge is 2.09. The van der Waals surface area contributed by atoms with Gasteiger partial charge in [-0.15, -0.1) is 0 Å². The Balaban J connectivity index is 1.77. The quantitative estimate of drug-likeness (QED) is 0.804. The zero-order valence-electron chi connectivity index (χ0n) is 11.9. The van der Waals surface area contributed by atoms with E-state index in [0.717, 1.165) is 16.6 Å². The van der Waals surface area contributed by atoms with Gasteiger partial charge in [0.2, 0.25) is 5.91 Å². The van der Waals surface area contributed by atoms with E-state index in [1.54, 1.807) is 23.7 Å². The van der Waals surface area contributed by atoms with Crippen molar-refractivity contribution in [2.24, 2.45) is 0 Å². The number of hydrogen-bond acceptors (Lipinski definition) is 4. The van der Waals surface area contributed by atoms with Gasteiger partial charge in [-0.3, -0.25) is 4.79 Å². The van der Waals surface area contributed by atoms with Crippen molar-refractivity contribution >= 4 is 34.0 Å². The van der Waals surface area contributed by atoms with E-state index >= 15 is 0 Å². The van der Waals surface area contributed by atoms with E-state index in [1.807, 2.05) is 27.6 Å². The lowest BCUT2D eigenvalue weighted by molar-refractivity contribution is -0.115. The Morgan fingerprint density at radius 2 is 2.29 bits per heavy atom. The average molecular weight is 300 g/mol. The standard InChI is InChI=1S/C15H16N4OS/c1-10(2)19-15-12(7-17-19)6-13(8-16-15)18-14(20)5-11-3-4-21-9-11/h3-4,6-10H,5H2,1-2H3,(H,18,20). The third kappa shape index (κ3) is 2.95. The van der Waals surface area contributed by atoms with Crippen LogP contribution in [0.15, 0.2) is 35.3 Å². The van der Waals surface area contributed by atoms with Crippen LogP contribution in [0.5, 0.6) is 0 Å². The minimum atomic E-state index is -0.0363. The third-order valence-electron chi connectivity index (χ3n) is 3.15. The molecular weight excluding hydrogens is 284 g/mol. The molecule has 0 saturated heterocycles. The number of aromatic nitrogens is 3. The van der Waals surface area contributed by atoms with Crippen molar-refractivity contribution in [3.8, 4) is 0 Å². The Hall–Kier alpha value is -2.21. The molecule has 0 aliphatic rings. The molecule has 1 N–H and O–H groups in total. The van der Waals surface area contributed by atoms with Gasteiger partial charge in [0.15, 0.2) is 5.65 Å². The van der Waals surface area contributed by atoms with Crippen LogP contribution in [0.3, 0.4) is 0 Å². The van der Waals surface area contributed by atoms with Crippen molar-refractivity contribution in [1.29, 1.82) is 0 Å². The number of nitrogens with zero attached hydrogens (tertiary/aromatic N) is 3. The van der Waals surface area contributed by atoms with Crippen molar-refractivity contribution in [1.82, 2.24) is 14.8 Å². The first-order valence-electron chi connectivity index (χ1n) is 6.77. The summed E-state index contributed by atoms with van der Waals surface area (Å²) in [6.45, 7) is 4.12. The number of thiophene rings is 1. The van der Waals surface area contributed by atoms with Crippen molar-refractivity contribution < 1.29 is 4.79 Å². The average Bonchev–Trinajstić information content (AvgIpc) is 3.06. The van der Waals surface area contributed by atoms with Gasteiger partial charge in [-0.1, -0.05) is 0 Å². The maximum Gasteiger partial charge on any atom is 0.228 e. The lowest BCUT2D eigenvalue weighted by Crippen LogP contribution is -2.14. The number of rotatable bonds is 4. The molecule has 3 rings (SSSR count). The summed E-state index contributed by atoms with van der Waals surface area (Å²) < 4.78 is 1.87. The van der Waals surface area contributed by atoms with Crippen LogP contribution in [0.4, 0.5) is 5.69 Å². The Morgan fingerprint density at radius 1 is 1.43 bits per heavy atom. The van der Waals surface area contributed by atoms with Gasteiger partial charge in [0.25, 0.3) is 0 Å². The maximum atomic E-state index is 12.0. The number of hydrogen-bond donors (Lipinski definition) is 1. The molecule has 1 amide bonds. The van der Waals surface area contributed by atoms with Crippen LogP contribution < -0.4 is 5.32 Å². The Kier molecular flexibility index (Phi) is 3.70. The summed E-state index contributed by atoms with van der Waals surface area (Å²) >= 11 is 1.59. The number of anilines is 1. The van der Waals surface area contributed by atoms with Gasteiger partial charge in [-0.25, -0.2) is 9.67 Å². The van der Waals surface area contributed by atoms with Crippen LogP contribution in [0.2, 0.25) is 0 Å². The first-order valence-corrected chi connectivity index (χ1v) is 7.72. The Morgan fingerprint density at radius 3 is 3.00 bits per heavy atom. The zero-order chi connectivity index (χ0) is 14.8. The predicted molar refractivity (Wildman–Crippen MR) is 84.6 cm³/mol. The number of carbonyl (C=O) groups is 1. The Bertz CT molecular complexity index is 761. The SMILES string of the molecule is CC(C)n1ncc2cc(NC(=O)Cc3ccsc3)cnc21. The monoisotopic (exact) mass is 300 g/mol. The third-order valence-corrected chi connectivity index (χ3v) is 3.88. The molecule has 3 heterocycles. The summed E-state index contributed by atoms with van der Waals surface area (Å²) in [4.78, 5) is 16.4. The van der Waals surface area contributed by atoms with Crippen LogP contribution in [-0.2, 0) is 11.2 Å². The minimum Gasteiger partial charge on any atom is -0.324 e. The molecule has 108 valence electrons. The fraction of sp³-hybridized carbons (Fsp3) is 0.267. The van der Waals surface area contributed by atoms with Crippen molar-refractivity contribution in [2.75, 3.05) is 5.32 Å². The second-order valence-electron chi connectivity index (χ2n) is 5.18. The lowest BCUT2D eigenvalue weighted by Gasteiger charge is -2.07. The molecule has 0 fully saturated rings. The molecule has 0 atom stereocenters. The summed E-state index contributed by atoms with van der Waals surface area (Å²) in [6, 6.07) is 4.12. The lowest BCUT2D eigenvalue weighted by atomic mass is 10.2. The summed E-state index contributed by atoms with van der Waals surface area (Å²) in [6.07, 6.45) is 3.83. The molecule has 3 aromatic rings. The second-order valence-corrected chi connectivity index (χ2v) is 5.96. The number of nitrogens with one attached hydrogen (secondary N) is 1. The minimum absolute atomic E-state index is 0.0363. The smallest absolute Gasteiger partial charge is 0.228 e. The van der Waals surface area contributed by atoms with Crippen LogP contribution >= 0.6 is 11.3 Å². The Labute approximate surface area is 126 Å². The number of pyridine rings is 1. The largest absolute Gasteiger partial charge is 0.324 e. The maximum absolute atomic E-state index is 12.0. The molecule has 6 heteroatoms. The molecule has 0 bridgehead atoms. The van der Waals surface area contributed by atoms with Crippen LogP contribution in [-0.4, -0.2) is 20.7 Å². The number of fused-ring (bicyclic) bond motifs is 1. The molecule has 0 spiro atoms. The molecule has 0 aliphatic heterocycles. The van der Waals surface area contributed by atoms with E-state index < -0.39 is 0 Å². The fourth-order valence-corrected chi connectivity index (χ4v) is 2.84. The molecule has 5 nitrogen and oxygen atoms in total.